The maximum absolute atomic E-state index is 13.6. The molecule has 0 N–H and O–H groups in total. The molecular weight excluding hydrogens is 345 g/mol. The van der Waals surface area contributed by atoms with E-state index in [4.69, 9.17) is 9.05 Å². The standard InChI is InChI=1S/C15H21F2O4PS/c1-14(2,3)13(18)23-11-10-20-22(19,15(4,16)17)21-12-8-6-5-7-9-12/h5-9H,10-11H2,1-4H3. The Morgan fingerprint density at radius 1 is 1.17 bits per heavy atom. The number of rotatable bonds is 7. The molecule has 0 amide bonds. The van der Waals surface area contributed by atoms with Gasteiger partial charge in [0.05, 0.1) is 6.61 Å². The van der Waals surface area contributed by atoms with E-state index >= 15 is 0 Å². The van der Waals surface area contributed by atoms with E-state index in [1.54, 1.807) is 39.0 Å². The molecule has 0 spiro atoms. The molecule has 0 saturated carbocycles. The van der Waals surface area contributed by atoms with Gasteiger partial charge in [-0.25, -0.2) is 4.57 Å². The minimum absolute atomic E-state index is 0.0378. The molecule has 0 heterocycles. The maximum Gasteiger partial charge on any atom is 0.448 e. The van der Waals surface area contributed by atoms with E-state index in [9.17, 15) is 18.1 Å². The van der Waals surface area contributed by atoms with Crippen LogP contribution in [0.1, 0.15) is 27.7 Å². The Morgan fingerprint density at radius 3 is 2.22 bits per heavy atom. The highest BCUT2D eigenvalue weighted by molar-refractivity contribution is 8.13. The van der Waals surface area contributed by atoms with Gasteiger partial charge in [-0.1, -0.05) is 50.7 Å². The number of carbonyl (C=O) groups excluding carboxylic acids is 1. The van der Waals surface area contributed by atoms with Crippen LogP contribution in [0.25, 0.3) is 0 Å². The summed E-state index contributed by atoms with van der Waals surface area (Å²) in [5, 5.41) is -0.0943. The molecule has 1 atom stereocenters. The van der Waals surface area contributed by atoms with Gasteiger partial charge in [-0.3, -0.25) is 9.32 Å². The number of hydrogen-bond acceptors (Lipinski definition) is 5. The maximum atomic E-state index is 13.6. The number of halogens is 2. The number of para-hydroxylation sites is 1. The van der Waals surface area contributed by atoms with Crippen molar-refractivity contribution < 1.29 is 27.2 Å². The fraction of sp³-hybridized carbons (Fsp3) is 0.533. The largest absolute Gasteiger partial charge is 0.448 e. The molecule has 23 heavy (non-hydrogen) atoms. The molecule has 8 heteroatoms. The first kappa shape index (κ1) is 20.1. The van der Waals surface area contributed by atoms with Crippen molar-refractivity contribution in [3.8, 4) is 5.75 Å². The highest BCUT2D eigenvalue weighted by Gasteiger charge is 2.50. The second-order valence-corrected chi connectivity index (χ2v) is 9.25. The van der Waals surface area contributed by atoms with Crippen LogP contribution in [0.4, 0.5) is 8.78 Å². The van der Waals surface area contributed by atoms with Crippen LogP contribution in [0.15, 0.2) is 30.3 Å². The predicted molar refractivity (Wildman–Crippen MR) is 88.2 cm³/mol. The van der Waals surface area contributed by atoms with Crippen LogP contribution in [0.3, 0.4) is 0 Å². The van der Waals surface area contributed by atoms with Crippen molar-refractivity contribution in [2.45, 2.75) is 33.4 Å². The van der Waals surface area contributed by atoms with Gasteiger partial charge in [0, 0.05) is 18.1 Å². The Labute approximate surface area is 139 Å². The Morgan fingerprint density at radius 2 is 1.74 bits per heavy atom. The minimum Gasteiger partial charge on any atom is -0.421 e. The zero-order valence-corrected chi connectivity index (χ0v) is 15.3. The summed E-state index contributed by atoms with van der Waals surface area (Å²) in [5.41, 5.74) is -4.19. The summed E-state index contributed by atoms with van der Waals surface area (Å²) in [5.74, 6) is 0.157. The average Bonchev–Trinajstić information content (AvgIpc) is 2.42. The second kappa shape index (κ2) is 7.77. The first-order chi connectivity index (χ1) is 10.5. The van der Waals surface area contributed by atoms with Crippen molar-refractivity contribution in [3.05, 3.63) is 30.3 Å². The molecule has 1 aromatic rings. The van der Waals surface area contributed by atoms with Gasteiger partial charge in [-0.05, 0) is 12.1 Å². The molecule has 0 aliphatic carbocycles. The molecule has 1 rings (SSSR count). The molecule has 0 fully saturated rings. The van der Waals surface area contributed by atoms with Crippen molar-refractivity contribution >= 4 is 24.5 Å². The third-order valence-corrected chi connectivity index (χ3v) is 5.82. The van der Waals surface area contributed by atoms with Gasteiger partial charge in [0.15, 0.2) is 5.12 Å². The van der Waals surface area contributed by atoms with Crippen LogP contribution >= 0.6 is 19.4 Å². The Bertz CT molecular complexity index is 567. The molecule has 1 unspecified atom stereocenters. The minimum atomic E-state index is -4.68. The zero-order chi connectivity index (χ0) is 17.7. The van der Waals surface area contributed by atoms with Gasteiger partial charge in [0.2, 0.25) is 0 Å². The predicted octanol–water partition coefficient (Wildman–Crippen LogP) is 5.19. The average molecular weight is 366 g/mol. The van der Waals surface area contributed by atoms with Gasteiger partial charge >= 0.3 is 13.3 Å². The monoisotopic (exact) mass is 366 g/mol. The quantitative estimate of drug-likeness (QED) is 0.491. The normalized spacial score (nSPS) is 15.0. The van der Waals surface area contributed by atoms with Crippen molar-refractivity contribution in [1.82, 2.24) is 0 Å². The highest BCUT2D eigenvalue weighted by atomic mass is 32.2. The smallest absolute Gasteiger partial charge is 0.421 e. The SMILES string of the molecule is CC(C)(C)C(=O)SCCOP(=O)(Oc1ccccc1)C(C)(F)F. The molecule has 4 nitrogen and oxygen atoms in total. The van der Waals surface area contributed by atoms with Gasteiger partial charge < -0.3 is 4.52 Å². The summed E-state index contributed by atoms with van der Waals surface area (Å²) in [6.45, 7) is 5.48. The van der Waals surface area contributed by atoms with E-state index < -0.39 is 18.7 Å². The Kier molecular flexibility index (Phi) is 6.81. The summed E-state index contributed by atoms with van der Waals surface area (Å²) in [6.07, 6.45) is 0. The van der Waals surface area contributed by atoms with Crippen LogP contribution in [0.2, 0.25) is 0 Å². The van der Waals surface area contributed by atoms with Crippen LogP contribution in [0, 0.1) is 5.41 Å². The number of hydrogen-bond donors (Lipinski definition) is 0. The highest BCUT2D eigenvalue weighted by Crippen LogP contribution is 2.61. The van der Waals surface area contributed by atoms with Crippen LogP contribution < -0.4 is 4.52 Å². The van der Waals surface area contributed by atoms with Crippen molar-refractivity contribution in [1.29, 1.82) is 0 Å². The topological polar surface area (TPSA) is 52.6 Å². The second-order valence-electron chi connectivity index (χ2n) is 5.96. The number of carbonyl (C=O) groups is 1. The van der Waals surface area contributed by atoms with Crippen molar-refractivity contribution in [2.24, 2.45) is 5.41 Å². The van der Waals surface area contributed by atoms with Gasteiger partial charge in [0.25, 0.3) is 0 Å². The van der Waals surface area contributed by atoms with Gasteiger partial charge in [-0.15, -0.1) is 0 Å². The lowest BCUT2D eigenvalue weighted by molar-refractivity contribution is -0.117. The summed E-state index contributed by atoms with van der Waals surface area (Å²) < 4.78 is 49.4. The zero-order valence-electron chi connectivity index (χ0n) is 13.5. The Hall–Kier alpha value is -0.910. The summed E-state index contributed by atoms with van der Waals surface area (Å²) in [6, 6.07) is 7.66. The van der Waals surface area contributed by atoms with Crippen molar-refractivity contribution in [2.75, 3.05) is 12.4 Å². The number of thioether (sulfide) groups is 1. The molecule has 0 aromatic heterocycles. The molecule has 0 saturated heterocycles. The molecule has 0 aliphatic rings. The van der Waals surface area contributed by atoms with E-state index in [-0.39, 0.29) is 23.2 Å². The van der Waals surface area contributed by atoms with Gasteiger partial charge in [0.1, 0.15) is 5.75 Å². The summed E-state index contributed by atoms with van der Waals surface area (Å²) >= 11 is 0.956. The lowest BCUT2D eigenvalue weighted by atomic mass is 10.00. The van der Waals surface area contributed by atoms with E-state index in [0.717, 1.165) is 11.8 Å². The first-order valence-electron chi connectivity index (χ1n) is 7.00. The van der Waals surface area contributed by atoms with Gasteiger partial charge in [-0.2, -0.15) is 8.78 Å². The summed E-state index contributed by atoms with van der Waals surface area (Å²) in [4.78, 5) is 11.7. The fourth-order valence-electron chi connectivity index (χ4n) is 1.35. The molecule has 1 aromatic carbocycles. The molecule has 0 aliphatic heterocycles. The third kappa shape index (κ3) is 6.24. The summed E-state index contributed by atoms with van der Waals surface area (Å²) in [7, 11) is -4.68. The molecule has 0 radical (unpaired) electrons. The lowest BCUT2D eigenvalue weighted by Crippen LogP contribution is -2.20. The van der Waals surface area contributed by atoms with Crippen LogP contribution in [-0.2, 0) is 13.9 Å². The van der Waals surface area contributed by atoms with E-state index in [1.807, 2.05) is 0 Å². The van der Waals surface area contributed by atoms with Crippen molar-refractivity contribution in [3.63, 3.8) is 0 Å². The van der Waals surface area contributed by atoms with Crippen LogP contribution in [0.5, 0.6) is 5.75 Å². The fourth-order valence-corrected chi connectivity index (χ4v) is 3.43. The van der Waals surface area contributed by atoms with E-state index in [0.29, 0.717) is 6.92 Å². The third-order valence-electron chi connectivity index (χ3n) is 2.64. The van der Waals surface area contributed by atoms with Crippen LogP contribution in [-0.4, -0.2) is 23.1 Å². The molecular formula is C15H21F2O4PS. The molecule has 0 bridgehead atoms. The number of alkyl halides is 2. The van der Waals surface area contributed by atoms with E-state index in [2.05, 4.69) is 0 Å². The Balaban J connectivity index is 2.66. The lowest BCUT2D eigenvalue weighted by Gasteiger charge is -2.24. The number of benzene rings is 1. The first-order valence-corrected chi connectivity index (χ1v) is 9.53. The van der Waals surface area contributed by atoms with E-state index in [1.165, 1.54) is 12.1 Å². The molecule has 130 valence electrons.